The summed E-state index contributed by atoms with van der Waals surface area (Å²) in [4.78, 5) is 9.11. The van der Waals surface area contributed by atoms with Gasteiger partial charge in [0.15, 0.2) is 5.96 Å². The zero-order valence-electron chi connectivity index (χ0n) is 17.4. The number of aliphatic imine (C=N–C) groups is 1. The minimum atomic E-state index is -2.94. The van der Waals surface area contributed by atoms with Crippen molar-refractivity contribution in [3.05, 3.63) is 34.9 Å². The first kappa shape index (κ1) is 23.0. The topological polar surface area (TPSA) is 65.0 Å². The molecule has 1 fully saturated rings. The third-order valence-electron chi connectivity index (χ3n) is 5.05. The van der Waals surface area contributed by atoms with Crippen molar-refractivity contribution >= 4 is 27.4 Å². The third-order valence-corrected chi connectivity index (χ3v) is 6.23. The molecule has 2 rings (SSSR count). The van der Waals surface area contributed by atoms with E-state index < -0.39 is 9.84 Å². The number of benzene rings is 1. The molecule has 1 heterocycles. The predicted octanol–water partition coefficient (Wildman–Crippen LogP) is 2.49. The van der Waals surface area contributed by atoms with Crippen molar-refractivity contribution in [1.29, 1.82) is 0 Å². The van der Waals surface area contributed by atoms with Crippen LogP contribution in [0.5, 0.6) is 0 Å². The highest BCUT2D eigenvalue weighted by molar-refractivity contribution is 7.90. The summed E-state index contributed by atoms with van der Waals surface area (Å²) >= 11 is 6.08. The molecular weight excluding hydrogens is 396 g/mol. The average Bonchev–Trinajstić information content (AvgIpc) is 2.61. The standard InChI is InChI=1S/C20H33ClN4O2S/c1-20(2,8-13-28(4,26)27)16-23-19(22-3)25-11-9-24(10-12-25)15-17-6-5-7-18(21)14-17/h5-7,14H,8-13,15-16H2,1-4H3,(H,22,23). The van der Waals surface area contributed by atoms with Gasteiger partial charge in [-0.05, 0) is 29.5 Å². The van der Waals surface area contributed by atoms with E-state index in [1.54, 1.807) is 7.05 Å². The lowest BCUT2D eigenvalue weighted by Gasteiger charge is -2.37. The van der Waals surface area contributed by atoms with E-state index in [4.69, 9.17) is 11.6 Å². The van der Waals surface area contributed by atoms with Crippen LogP contribution < -0.4 is 5.32 Å². The molecule has 1 aromatic carbocycles. The van der Waals surface area contributed by atoms with Crippen molar-refractivity contribution in [2.75, 3.05) is 51.8 Å². The van der Waals surface area contributed by atoms with Gasteiger partial charge in [-0.1, -0.05) is 37.6 Å². The first-order chi connectivity index (χ1) is 13.1. The summed E-state index contributed by atoms with van der Waals surface area (Å²) in [7, 11) is -1.14. The fraction of sp³-hybridized carbons (Fsp3) is 0.650. The van der Waals surface area contributed by atoms with Gasteiger partial charge in [0.05, 0.1) is 5.75 Å². The molecule has 0 atom stereocenters. The number of hydrogen-bond acceptors (Lipinski definition) is 4. The number of hydrogen-bond donors (Lipinski definition) is 1. The lowest BCUT2D eigenvalue weighted by molar-refractivity contribution is 0.171. The molecule has 0 radical (unpaired) electrons. The van der Waals surface area contributed by atoms with Gasteiger partial charge in [0.2, 0.25) is 0 Å². The summed E-state index contributed by atoms with van der Waals surface area (Å²) in [5, 5.41) is 4.21. The Labute approximate surface area is 174 Å². The van der Waals surface area contributed by atoms with Gasteiger partial charge >= 0.3 is 0 Å². The summed E-state index contributed by atoms with van der Waals surface area (Å²) in [6.45, 7) is 9.50. The number of halogens is 1. The van der Waals surface area contributed by atoms with Gasteiger partial charge in [0.25, 0.3) is 0 Å². The van der Waals surface area contributed by atoms with Crippen LogP contribution in [0.4, 0.5) is 0 Å². The molecule has 1 N–H and O–H groups in total. The first-order valence-electron chi connectivity index (χ1n) is 9.68. The summed E-state index contributed by atoms with van der Waals surface area (Å²) < 4.78 is 22.9. The van der Waals surface area contributed by atoms with Crippen LogP contribution in [0.15, 0.2) is 29.3 Å². The van der Waals surface area contributed by atoms with Crippen LogP contribution in [-0.2, 0) is 16.4 Å². The second-order valence-corrected chi connectivity index (χ2v) is 11.0. The molecule has 1 aliphatic heterocycles. The highest BCUT2D eigenvalue weighted by Crippen LogP contribution is 2.20. The summed E-state index contributed by atoms with van der Waals surface area (Å²) in [5.41, 5.74) is 1.11. The van der Waals surface area contributed by atoms with Crippen LogP contribution in [-0.4, -0.2) is 76.0 Å². The largest absolute Gasteiger partial charge is 0.356 e. The SMILES string of the molecule is CN=C(NCC(C)(C)CCS(C)(=O)=O)N1CCN(Cc2cccc(Cl)c2)CC1. The number of sulfone groups is 1. The minimum absolute atomic E-state index is 0.118. The molecule has 0 saturated carbocycles. The van der Waals surface area contributed by atoms with E-state index in [-0.39, 0.29) is 11.2 Å². The Morgan fingerprint density at radius 2 is 1.93 bits per heavy atom. The van der Waals surface area contributed by atoms with E-state index in [2.05, 4.69) is 40.0 Å². The molecule has 8 heteroatoms. The van der Waals surface area contributed by atoms with Gasteiger partial charge < -0.3 is 10.2 Å². The van der Waals surface area contributed by atoms with E-state index >= 15 is 0 Å². The zero-order chi connectivity index (χ0) is 20.8. The number of guanidine groups is 1. The van der Waals surface area contributed by atoms with Crippen LogP contribution in [0.2, 0.25) is 5.02 Å². The minimum Gasteiger partial charge on any atom is -0.356 e. The van der Waals surface area contributed by atoms with Crippen molar-refractivity contribution < 1.29 is 8.42 Å². The molecule has 1 saturated heterocycles. The van der Waals surface area contributed by atoms with Gasteiger partial charge in [0.1, 0.15) is 9.84 Å². The van der Waals surface area contributed by atoms with Gasteiger partial charge in [-0.25, -0.2) is 8.42 Å². The Balaban J connectivity index is 1.81. The monoisotopic (exact) mass is 428 g/mol. The van der Waals surface area contributed by atoms with E-state index in [9.17, 15) is 8.42 Å². The Morgan fingerprint density at radius 3 is 2.50 bits per heavy atom. The maximum Gasteiger partial charge on any atom is 0.193 e. The second kappa shape index (κ2) is 9.94. The highest BCUT2D eigenvalue weighted by atomic mass is 35.5. The van der Waals surface area contributed by atoms with Crippen molar-refractivity contribution in [1.82, 2.24) is 15.1 Å². The fourth-order valence-electron chi connectivity index (χ4n) is 3.21. The lowest BCUT2D eigenvalue weighted by Crippen LogP contribution is -2.53. The molecule has 1 aliphatic rings. The Morgan fingerprint density at radius 1 is 1.25 bits per heavy atom. The molecule has 0 unspecified atom stereocenters. The quantitative estimate of drug-likeness (QED) is 0.534. The maximum absolute atomic E-state index is 11.4. The molecule has 28 heavy (non-hydrogen) atoms. The Kier molecular flexibility index (Phi) is 8.16. The normalized spacial score (nSPS) is 17.0. The first-order valence-corrected chi connectivity index (χ1v) is 12.1. The summed E-state index contributed by atoms with van der Waals surface area (Å²) in [6, 6.07) is 8.02. The molecule has 0 aliphatic carbocycles. The number of nitrogens with zero attached hydrogens (tertiary/aromatic N) is 3. The van der Waals surface area contributed by atoms with Crippen LogP contribution in [0.25, 0.3) is 0 Å². The zero-order valence-corrected chi connectivity index (χ0v) is 19.0. The molecule has 158 valence electrons. The van der Waals surface area contributed by atoms with Gasteiger partial charge in [-0.3, -0.25) is 9.89 Å². The molecule has 6 nitrogen and oxygen atoms in total. The van der Waals surface area contributed by atoms with Gasteiger partial charge in [-0.15, -0.1) is 0 Å². The maximum atomic E-state index is 11.4. The van der Waals surface area contributed by atoms with Crippen molar-refractivity contribution in [2.24, 2.45) is 10.4 Å². The summed E-state index contributed by atoms with van der Waals surface area (Å²) in [6.07, 6.45) is 1.92. The number of nitrogens with one attached hydrogen (secondary N) is 1. The lowest BCUT2D eigenvalue weighted by atomic mass is 9.90. The highest BCUT2D eigenvalue weighted by Gasteiger charge is 2.24. The van der Waals surface area contributed by atoms with Crippen LogP contribution in [0, 0.1) is 5.41 Å². The number of rotatable bonds is 7. The van der Waals surface area contributed by atoms with Crippen LogP contribution in [0.1, 0.15) is 25.8 Å². The average molecular weight is 429 g/mol. The van der Waals surface area contributed by atoms with E-state index in [0.717, 1.165) is 43.7 Å². The Bertz CT molecular complexity index is 772. The van der Waals surface area contributed by atoms with Crippen LogP contribution >= 0.6 is 11.6 Å². The van der Waals surface area contributed by atoms with E-state index in [1.165, 1.54) is 11.8 Å². The second-order valence-electron chi connectivity index (χ2n) is 8.34. The Hall–Kier alpha value is -1.31. The van der Waals surface area contributed by atoms with E-state index in [1.807, 2.05) is 18.2 Å². The van der Waals surface area contributed by atoms with Crippen LogP contribution in [0.3, 0.4) is 0 Å². The van der Waals surface area contributed by atoms with E-state index in [0.29, 0.717) is 13.0 Å². The summed E-state index contributed by atoms with van der Waals surface area (Å²) in [5.74, 6) is 1.09. The molecule has 0 amide bonds. The van der Waals surface area contributed by atoms with Crippen molar-refractivity contribution in [2.45, 2.75) is 26.8 Å². The number of piperazine rings is 1. The molecule has 0 aromatic heterocycles. The van der Waals surface area contributed by atoms with Crippen molar-refractivity contribution in [3.63, 3.8) is 0 Å². The fourth-order valence-corrected chi connectivity index (χ4v) is 4.35. The van der Waals surface area contributed by atoms with Gasteiger partial charge in [-0.2, -0.15) is 0 Å². The predicted molar refractivity (Wildman–Crippen MR) is 118 cm³/mol. The molecule has 0 bridgehead atoms. The molecular formula is C20H33ClN4O2S. The third kappa shape index (κ3) is 7.97. The molecule has 1 aromatic rings. The molecule has 0 spiro atoms. The smallest absolute Gasteiger partial charge is 0.193 e. The van der Waals surface area contributed by atoms with Gasteiger partial charge in [0, 0.05) is 57.6 Å². The van der Waals surface area contributed by atoms with Crippen molar-refractivity contribution in [3.8, 4) is 0 Å².